The Balaban J connectivity index is 2.21. The fourth-order valence-corrected chi connectivity index (χ4v) is 3.02. The summed E-state index contributed by atoms with van der Waals surface area (Å²) in [5.74, 6) is -2.76. The van der Waals surface area contributed by atoms with Gasteiger partial charge in [0, 0.05) is 6.26 Å². The fraction of sp³-hybridized carbons (Fsp3) is 0.294. The zero-order valence-electron chi connectivity index (χ0n) is 13.8. The normalized spacial score (nSPS) is 13.8. The highest BCUT2D eigenvalue weighted by Crippen LogP contribution is 2.23. The number of furan rings is 1. The van der Waals surface area contributed by atoms with Gasteiger partial charge in [-0.25, -0.2) is 8.42 Å². The molecule has 0 saturated heterocycles. The molecular formula is C17H19NO6S. The van der Waals surface area contributed by atoms with Crippen LogP contribution in [0.15, 0.2) is 46.9 Å². The van der Waals surface area contributed by atoms with E-state index in [1.807, 2.05) is 0 Å². The monoisotopic (exact) mass is 365 g/mol. The minimum Gasteiger partial charge on any atom is -0.481 e. The summed E-state index contributed by atoms with van der Waals surface area (Å²) >= 11 is 0. The number of rotatable bonds is 7. The molecule has 0 saturated carbocycles. The number of carboxylic acid groups (broad SMARTS) is 1. The topological polar surface area (TPSA) is 114 Å². The maximum absolute atomic E-state index is 12.4. The molecule has 0 aliphatic heterocycles. The second kappa shape index (κ2) is 7.52. The van der Waals surface area contributed by atoms with Crippen molar-refractivity contribution in [3.05, 3.63) is 59.5 Å². The largest absolute Gasteiger partial charge is 0.481 e. The van der Waals surface area contributed by atoms with E-state index in [1.165, 1.54) is 19.1 Å². The highest BCUT2D eigenvalue weighted by atomic mass is 32.2. The van der Waals surface area contributed by atoms with Gasteiger partial charge in [-0.05, 0) is 24.6 Å². The van der Waals surface area contributed by atoms with E-state index in [4.69, 9.17) is 4.42 Å². The highest BCUT2D eigenvalue weighted by molar-refractivity contribution is 7.89. The highest BCUT2D eigenvalue weighted by Gasteiger charge is 2.28. The van der Waals surface area contributed by atoms with Gasteiger partial charge in [0.1, 0.15) is 11.5 Å². The van der Waals surface area contributed by atoms with Crippen molar-refractivity contribution in [2.75, 3.05) is 6.26 Å². The molecule has 8 heteroatoms. The second-order valence-electron chi connectivity index (χ2n) is 5.82. The van der Waals surface area contributed by atoms with Crippen LogP contribution in [0.25, 0.3) is 0 Å². The lowest BCUT2D eigenvalue weighted by Crippen LogP contribution is -2.35. The van der Waals surface area contributed by atoms with Gasteiger partial charge in [-0.15, -0.1) is 0 Å². The van der Waals surface area contributed by atoms with E-state index in [-0.39, 0.29) is 17.3 Å². The van der Waals surface area contributed by atoms with Gasteiger partial charge in [-0.3, -0.25) is 9.59 Å². The van der Waals surface area contributed by atoms with Crippen molar-refractivity contribution < 1.29 is 27.5 Å². The van der Waals surface area contributed by atoms with Gasteiger partial charge in [0.2, 0.25) is 0 Å². The minimum atomic E-state index is -3.28. The Hall–Kier alpha value is -2.61. The number of carboxylic acids is 1. The quantitative estimate of drug-likeness (QED) is 0.776. The van der Waals surface area contributed by atoms with Crippen LogP contribution in [-0.2, 0) is 20.4 Å². The number of carbonyl (C=O) groups is 2. The third kappa shape index (κ3) is 5.18. The number of hydrogen-bond acceptors (Lipinski definition) is 5. The third-order valence-corrected chi connectivity index (χ3v) is 4.43. The molecule has 0 aliphatic rings. The van der Waals surface area contributed by atoms with Crippen molar-refractivity contribution in [2.24, 2.45) is 5.92 Å². The molecule has 1 amide bonds. The Kier molecular flexibility index (Phi) is 5.63. The van der Waals surface area contributed by atoms with E-state index in [2.05, 4.69) is 5.32 Å². The zero-order valence-corrected chi connectivity index (χ0v) is 14.6. The number of nitrogens with one attached hydrogen (secondary N) is 1. The summed E-state index contributed by atoms with van der Waals surface area (Å²) in [6.45, 7) is 1.50. The Labute approximate surface area is 145 Å². The van der Waals surface area contributed by atoms with Gasteiger partial charge in [-0.2, -0.15) is 0 Å². The van der Waals surface area contributed by atoms with Crippen molar-refractivity contribution in [3.8, 4) is 0 Å². The Morgan fingerprint density at radius 2 is 1.80 bits per heavy atom. The van der Waals surface area contributed by atoms with Gasteiger partial charge in [0.25, 0.3) is 5.91 Å². The van der Waals surface area contributed by atoms with Gasteiger partial charge in [-0.1, -0.05) is 30.3 Å². The lowest BCUT2D eigenvalue weighted by Gasteiger charge is -2.22. The molecule has 0 radical (unpaired) electrons. The molecule has 25 heavy (non-hydrogen) atoms. The molecular weight excluding hydrogens is 346 g/mol. The lowest BCUT2D eigenvalue weighted by molar-refractivity contribution is -0.142. The van der Waals surface area contributed by atoms with E-state index >= 15 is 0 Å². The van der Waals surface area contributed by atoms with Crippen LogP contribution >= 0.6 is 0 Å². The molecule has 0 aliphatic carbocycles. The predicted molar refractivity (Wildman–Crippen MR) is 90.7 cm³/mol. The van der Waals surface area contributed by atoms with E-state index < -0.39 is 33.7 Å². The molecule has 2 atom stereocenters. The van der Waals surface area contributed by atoms with Crippen molar-refractivity contribution in [2.45, 2.75) is 18.7 Å². The first-order valence-electron chi connectivity index (χ1n) is 7.52. The number of hydrogen-bond donors (Lipinski definition) is 2. The van der Waals surface area contributed by atoms with Crippen LogP contribution in [0.3, 0.4) is 0 Å². The molecule has 2 aromatic rings. The Bertz CT molecular complexity index is 856. The molecule has 2 unspecified atom stereocenters. The average molecular weight is 365 g/mol. The van der Waals surface area contributed by atoms with Crippen molar-refractivity contribution in [3.63, 3.8) is 0 Å². The van der Waals surface area contributed by atoms with Crippen LogP contribution in [0.1, 0.15) is 34.8 Å². The van der Waals surface area contributed by atoms with Crippen LogP contribution in [-0.4, -0.2) is 31.7 Å². The summed E-state index contributed by atoms with van der Waals surface area (Å²) in [6, 6.07) is 10.8. The van der Waals surface area contributed by atoms with Crippen molar-refractivity contribution in [1.82, 2.24) is 5.32 Å². The van der Waals surface area contributed by atoms with Crippen LogP contribution in [0.2, 0.25) is 0 Å². The molecule has 0 spiro atoms. The number of sulfone groups is 1. The molecule has 7 nitrogen and oxygen atoms in total. The zero-order chi connectivity index (χ0) is 18.6. The standard InChI is InChI=1S/C17H19NO6S/c1-11(17(20)21)15(12-6-4-3-5-7-12)18-16(19)14-9-8-13(24-14)10-25(2,22)23/h3-9,11,15H,10H2,1-2H3,(H,18,19)(H,20,21). The van der Waals surface area contributed by atoms with E-state index in [0.717, 1.165) is 6.26 Å². The lowest BCUT2D eigenvalue weighted by atomic mass is 9.94. The molecule has 0 fully saturated rings. The summed E-state index contributed by atoms with van der Waals surface area (Å²) in [7, 11) is -3.28. The molecule has 2 rings (SSSR count). The predicted octanol–water partition coefficient (Wildman–Crippen LogP) is 2.02. The molecule has 1 heterocycles. The van der Waals surface area contributed by atoms with E-state index in [1.54, 1.807) is 30.3 Å². The summed E-state index contributed by atoms with van der Waals surface area (Å²) in [5.41, 5.74) is 0.647. The Morgan fingerprint density at radius 3 is 2.36 bits per heavy atom. The minimum absolute atomic E-state index is 0.0721. The van der Waals surface area contributed by atoms with Gasteiger partial charge in [0.15, 0.2) is 15.6 Å². The van der Waals surface area contributed by atoms with Crippen LogP contribution in [0.4, 0.5) is 0 Å². The number of amides is 1. The van der Waals surface area contributed by atoms with Crippen LogP contribution in [0, 0.1) is 5.92 Å². The van der Waals surface area contributed by atoms with Crippen molar-refractivity contribution in [1.29, 1.82) is 0 Å². The summed E-state index contributed by atoms with van der Waals surface area (Å²) < 4.78 is 27.8. The maximum Gasteiger partial charge on any atom is 0.308 e. The van der Waals surface area contributed by atoms with Crippen molar-refractivity contribution >= 4 is 21.7 Å². The third-order valence-electron chi connectivity index (χ3n) is 3.62. The smallest absolute Gasteiger partial charge is 0.308 e. The second-order valence-corrected chi connectivity index (χ2v) is 7.96. The molecule has 134 valence electrons. The molecule has 2 N–H and O–H groups in total. The van der Waals surface area contributed by atoms with E-state index in [0.29, 0.717) is 5.56 Å². The first-order valence-corrected chi connectivity index (χ1v) is 9.58. The maximum atomic E-state index is 12.4. The number of benzene rings is 1. The summed E-state index contributed by atoms with van der Waals surface area (Å²) in [4.78, 5) is 23.7. The fourth-order valence-electron chi connectivity index (χ4n) is 2.35. The van der Waals surface area contributed by atoms with Crippen LogP contribution < -0.4 is 5.32 Å². The first kappa shape index (κ1) is 18.7. The number of carbonyl (C=O) groups excluding carboxylic acids is 1. The number of aliphatic carboxylic acids is 1. The van der Waals surface area contributed by atoms with Gasteiger partial charge < -0.3 is 14.8 Å². The van der Waals surface area contributed by atoms with Gasteiger partial charge in [0.05, 0.1) is 12.0 Å². The summed E-state index contributed by atoms with van der Waals surface area (Å²) in [6.07, 6.45) is 1.06. The van der Waals surface area contributed by atoms with E-state index in [9.17, 15) is 23.1 Å². The average Bonchev–Trinajstić information content (AvgIpc) is 2.99. The summed E-state index contributed by atoms with van der Waals surface area (Å²) in [5, 5.41) is 11.9. The molecule has 1 aromatic carbocycles. The Morgan fingerprint density at radius 1 is 1.16 bits per heavy atom. The molecule has 1 aromatic heterocycles. The van der Waals surface area contributed by atoms with Crippen LogP contribution in [0.5, 0.6) is 0 Å². The SMILES string of the molecule is CC(C(=O)O)C(NC(=O)c1ccc(CS(C)(=O)=O)o1)c1ccccc1. The molecule has 0 bridgehead atoms. The first-order chi connectivity index (χ1) is 11.7. The van der Waals surface area contributed by atoms with Gasteiger partial charge >= 0.3 is 5.97 Å².